The van der Waals surface area contributed by atoms with Gasteiger partial charge in [-0.15, -0.1) is 0 Å². The van der Waals surface area contributed by atoms with Gasteiger partial charge in [0.2, 0.25) is 0 Å². The largest absolute Gasteiger partial charge is 0.405 e. The number of alkyl halides is 7. The lowest BCUT2D eigenvalue weighted by molar-refractivity contribution is -0.175. The molecule has 1 N–H and O–H groups in total. The van der Waals surface area contributed by atoms with Crippen molar-refractivity contribution in [1.29, 1.82) is 0 Å². The Morgan fingerprint density at radius 3 is 1.86 bits per heavy atom. The molecule has 0 saturated carbocycles. The summed E-state index contributed by atoms with van der Waals surface area (Å²) >= 11 is 0. The SMILES string of the molecule is O=C(NCC(F)(F)F)C(F)(F)C(F)F. The normalized spacial score (nSPS) is 13.1. The lowest BCUT2D eigenvalue weighted by atomic mass is 10.3. The smallest absolute Gasteiger partial charge is 0.342 e. The maximum absolute atomic E-state index is 12.0. The summed E-state index contributed by atoms with van der Waals surface area (Å²) in [6.07, 6.45) is -9.26. The summed E-state index contributed by atoms with van der Waals surface area (Å²) in [4.78, 5) is 10.1. The number of halogens is 7. The second-order valence-electron chi connectivity index (χ2n) is 2.22. The minimum atomic E-state index is -5.11. The molecule has 14 heavy (non-hydrogen) atoms. The summed E-state index contributed by atoms with van der Waals surface area (Å²) in [6.45, 7) is -2.08. The predicted octanol–water partition coefficient (Wildman–Crippen LogP) is 1.57. The van der Waals surface area contributed by atoms with Crippen molar-refractivity contribution in [3.8, 4) is 0 Å². The van der Waals surface area contributed by atoms with E-state index in [4.69, 9.17) is 0 Å². The number of carbonyl (C=O) groups excluding carboxylic acids is 1. The first-order chi connectivity index (χ1) is 6.07. The van der Waals surface area contributed by atoms with E-state index in [1.165, 1.54) is 0 Å². The Labute approximate surface area is 73.1 Å². The van der Waals surface area contributed by atoms with Crippen molar-refractivity contribution in [1.82, 2.24) is 5.32 Å². The maximum atomic E-state index is 12.0. The zero-order valence-electron chi connectivity index (χ0n) is 6.34. The molecular weight excluding hydrogens is 223 g/mol. The van der Waals surface area contributed by atoms with E-state index in [0.29, 0.717) is 5.32 Å². The first kappa shape index (κ1) is 13.0. The van der Waals surface area contributed by atoms with Crippen LogP contribution >= 0.6 is 0 Å². The van der Waals surface area contributed by atoms with E-state index in [1.807, 2.05) is 0 Å². The lowest BCUT2D eigenvalue weighted by Gasteiger charge is -2.15. The molecule has 0 aromatic rings. The first-order valence-electron chi connectivity index (χ1n) is 3.08. The van der Waals surface area contributed by atoms with Gasteiger partial charge in [0, 0.05) is 0 Å². The van der Waals surface area contributed by atoms with Gasteiger partial charge < -0.3 is 5.32 Å². The first-order valence-corrected chi connectivity index (χ1v) is 3.08. The van der Waals surface area contributed by atoms with Gasteiger partial charge in [-0.1, -0.05) is 0 Å². The van der Waals surface area contributed by atoms with Gasteiger partial charge in [-0.2, -0.15) is 22.0 Å². The van der Waals surface area contributed by atoms with Crippen molar-refractivity contribution >= 4 is 5.91 Å². The molecule has 1 amide bonds. The Bertz CT molecular complexity index is 211. The van der Waals surface area contributed by atoms with Crippen LogP contribution in [0.1, 0.15) is 0 Å². The van der Waals surface area contributed by atoms with Crippen LogP contribution in [-0.2, 0) is 4.79 Å². The van der Waals surface area contributed by atoms with E-state index in [2.05, 4.69) is 0 Å². The molecule has 0 aliphatic rings. The van der Waals surface area contributed by atoms with Crippen LogP contribution in [0, 0.1) is 0 Å². The average Bonchev–Trinajstić information content (AvgIpc) is 1.98. The number of rotatable bonds is 3. The highest BCUT2D eigenvalue weighted by Gasteiger charge is 2.49. The van der Waals surface area contributed by atoms with E-state index in [-0.39, 0.29) is 0 Å². The number of amides is 1. The molecule has 0 aromatic carbocycles. The quantitative estimate of drug-likeness (QED) is 0.728. The molecule has 0 aliphatic carbocycles. The molecule has 0 unspecified atom stereocenters. The zero-order chi connectivity index (χ0) is 11.6. The van der Waals surface area contributed by atoms with Gasteiger partial charge in [0.1, 0.15) is 6.54 Å². The molecule has 2 nitrogen and oxygen atoms in total. The van der Waals surface area contributed by atoms with Gasteiger partial charge >= 0.3 is 18.5 Å². The van der Waals surface area contributed by atoms with Gasteiger partial charge in [0.05, 0.1) is 0 Å². The second kappa shape index (κ2) is 4.01. The zero-order valence-corrected chi connectivity index (χ0v) is 6.34. The Morgan fingerprint density at radius 2 is 1.57 bits per heavy atom. The maximum Gasteiger partial charge on any atom is 0.405 e. The van der Waals surface area contributed by atoms with Crippen molar-refractivity contribution in [3.63, 3.8) is 0 Å². The Kier molecular flexibility index (Phi) is 3.72. The molecule has 0 aliphatic heterocycles. The van der Waals surface area contributed by atoms with Crippen molar-refractivity contribution < 1.29 is 35.5 Å². The highest BCUT2D eigenvalue weighted by Crippen LogP contribution is 2.23. The van der Waals surface area contributed by atoms with Crippen LogP contribution in [0.2, 0.25) is 0 Å². The van der Waals surface area contributed by atoms with E-state index in [9.17, 15) is 35.5 Å². The fourth-order valence-corrected chi connectivity index (χ4v) is 0.397. The van der Waals surface area contributed by atoms with E-state index in [1.54, 1.807) is 0 Å². The highest BCUT2D eigenvalue weighted by atomic mass is 19.4. The average molecular weight is 227 g/mol. The van der Waals surface area contributed by atoms with Crippen LogP contribution in [0.4, 0.5) is 30.7 Å². The number of hydrogen-bond acceptors (Lipinski definition) is 1. The van der Waals surface area contributed by atoms with Crippen molar-refractivity contribution in [2.75, 3.05) is 6.54 Å². The minimum Gasteiger partial charge on any atom is -0.342 e. The molecule has 0 heterocycles. The molecule has 0 aromatic heterocycles. The Morgan fingerprint density at radius 1 is 1.14 bits per heavy atom. The molecule has 0 rings (SSSR count). The second-order valence-corrected chi connectivity index (χ2v) is 2.22. The van der Waals surface area contributed by atoms with Crippen LogP contribution < -0.4 is 5.32 Å². The molecule has 9 heteroatoms. The third kappa shape index (κ3) is 3.79. The van der Waals surface area contributed by atoms with Crippen molar-refractivity contribution in [3.05, 3.63) is 0 Å². The van der Waals surface area contributed by atoms with Crippen LogP contribution in [0.3, 0.4) is 0 Å². The van der Waals surface area contributed by atoms with Crippen LogP contribution in [0.5, 0.6) is 0 Å². The Balaban J connectivity index is 4.23. The number of nitrogens with one attached hydrogen (secondary N) is 1. The molecule has 84 valence electrons. The summed E-state index contributed by atoms with van der Waals surface area (Å²) in [6, 6.07) is 0. The topological polar surface area (TPSA) is 29.1 Å². The summed E-state index contributed by atoms with van der Waals surface area (Å²) in [5, 5.41) is 0.650. The molecule has 0 saturated heterocycles. The van der Waals surface area contributed by atoms with E-state index in [0.717, 1.165) is 0 Å². The lowest BCUT2D eigenvalue weighted by Crippen LogP contribution is -2.47. The van der Waals surface area contributed by atoms with E-state index >= 15 is 0 Å². The fraction of sp³-hybridized carbons (Fsp3) is 0.800. The highest BCUT2D eigenvalue weighted by molar-refractivity contribution is 5.83. The number of carbonyl (C=O) groups is 1. The third-order valence-corrected chi connectivity index (χ3v) is 1.03. The minimum absolute atomic E-state index is 0.650. The molecular formula is C5H4F7NO. The summed E-state index contributed by atoms with van der Waals surface area (Å²) in [5.41, 5.74) is 0. The van der Waals surface area contributed by atoms with Gasteiger partial charge in [-0.3, -0.25) is 4.79 Å². The summed E-state index contributed by atoms with van der Waals surface area (Å²) < 4.78 is 80.8. The van der Waals surface area contributed by atoms with Gasteiger partial charge in [0.15, 0.2) is 0 Å². The van der Waals surface area contributed by atoms with Crippen LogP contribution in [0.15, 0.2) is 0 Å². The summed E-state index contributed by atoms with van der Waals surface area (Å²) in [7, 11) is 0. The molecule has 0 spiro atoms. The standard InChI is InChI=1S/C5H4F7NO/c6-2(7)5(11,12)3(14)13-1-4(8,9)10/h2H,1H2,(H,13,14). The number of hydrogen-bond donors (Lipinski definition) is 1. The molecule has 0 radical (unpaired) electrons. The van der Waals surface area contributed by atoms with Gasteiger partial charge in [0.25, 0.3) is 5.91 Å². The molecule has 0 bridgehead atoms. The summed E-state index contributed by atoms with van der Waals surface area (Å²) in [5.74, 6) is -7.75. The third-order valence-electron chi connectivity index (χ3n) is 1.03. The predicted molar refractivity (Wildman–Crippen MR) is 30.0 cm³/mol. The van der Waals surface area contributed by atoms with Gasteiger partial charge in [-0.05, 0) is 0 Å². The van der Waals surface area contributed by atoms with E-state index < -0.39 is 31.0 Å². The van der Waals surface area contributed by atoms with Gasteiger partial charge in [-0.25, -0.2) is 8.78 Å². The fourth-order valence-electron chi connectivity index (χ4n) is 0.397. The van der Waals surface area contributed by atoms with Crippen LogP contribution in [0.25, 0.3) is 0 Å². The van der Waals surface area contributed by atoms with Crippen molar-refractivity contribution in [2.45, 2.75) is 18.5 Å². The molecule has 0 atom stereocenters. The van der Waals surface area contributed by atoms with Crippen LogP contribution in [-0.4, -0.2) is 31.0 Å². The monoisotopic (exact) mass is 227 g/mol. The molecule has 0 fully saturated rings. The Hall–Kier alpha value is -1.02. The van der Waals surface area contributed by atoms with Crippen molar-refractivity contribution in [2.24, 2.45) is 0 Å².